The molecular formula is C11H6ClN3. The lowest BCUT2D eigenvalue weighted by Gasteiger charge is -2.02. The van der Waals surface area contributed by atoms with Gasteiger partial charge in [-0.1, -0.05) is 17.7 Å². The van der Waals surface area contributed by atoms with Gasteiger partial charge in [-0.2, -0.15) is 0 Å². The standard InChI is InChI=1S/C11H6ClN3/c12-11-8-2-1-7-3-4-13-5-9(7)10(8)14-6-15-11/h1-6H. The number of aromatic nitrogens is 3. The first-order valence-electron chi connectivity index (χ1n) is 4.49. The van der Waals surface area contributed by atoms with Crippen molar-refractivity contribution in [2.24, 2.45) is 0 Å². The van der Waals surface area contributed by atoms with Crippen molar-refractivity contribution in [2.75, 3.05) is 0 Å². The van der Waals surface area contributed by atoms with Crippen LogP contribution in [0, 0.1) is 0 Å². The maximum absolute atomic E-state index is 5.99. The molecule has 0 saturated heterocycles. The SMILES string of the molecule is Clc1ncnc2c1ccc1ccncc12. The number of pyridine rings is 1. The predicted octanol–water partition coefficient (Wildman–Crippen LogP) is 2.83. The van der Waals surface area contributed by atoms with Crippen molar-refractivity contribution >= 4 is 33.3 Å². The van der Waals surface area contributed by atoms with Crippen LogP contribution in [0.3, 0.4) is 0 Å². The van der Waals surface area contributed by atoms with Gasteiger partial charge >= 0.3 is 0 Å². The summed E-state index contributed by atoms with van der Waals surface area (Å²) in [7, 11) is 0. The fraction of sp³-hybridized carbons (Fsp3) is 0. The van der Waals surface area contributed by atoms with Crippen LogP contribution in [0.1, 0.15) is 0 Å². The summed E-state index contributed by atoms with van der Waals surface area (Å²) in [4.78, 5) is 12.3. The van der Waals surface area contributed by atoms with E-state index >= 15 is 0 Å². The number of halogens is 1. The first kappa shape index (κ1) is 8.56. The van der Waals surface area contributed by atoms with Gasteiger partial charge in [0.05, 0.1) is 5.52 Å². The highest BCUT2D eigenvalue weighted by atomic mass is 35.5. The molecule has 3 rings (SSSR count). The number of rotatable bonds is 0. The predicted molar refractivity (Wildman–Crippen MR) is 59.8 cm³/mol. The highest BCUT2D eigenvalue weighted by Gasteiger charge is 2.04. The molecule has 3 aromatic rings. The van der Waals surface area contributed by atoms with Crippen LogP contribution >= 0.6 is 11.6 Å². The molecule has 0 radical (unpaired) electrons. The van der Waals surface area contributed by atoms with E-state index in [0.29, 0.717) is 5.15 Å². The Morgan fingerprint density at radius 1 is 1.00 bits per heavy atom. The summed E-state index contributed by atoms with van der Waals surface area (Å²) in [5.41, 5.74) is 0.848. The van der Waals surface area contributed by atoms with E-state index in [-0.39, 0.29) is 0 Å². The first-order chi connectivity index (χ1) is 7.36. The summed E-state index contributed by atoms with van der Waals surface area (Å²) >= 11 is 5.99. The summed E-state index contributed by atoms with van der Waals surface area (Å²) in [6.07, 6.45) is 5.02. The van der Waals surface area contributed by atoms with Gasteiger partial charge in [-0.05, 0) is 17.5 Å². The minimum Gasteiger partial charge on any atom is -0.264 e. The number of benzene rings is 1. The maximum atomic E-state index is 5.99. The average molecular weight is 216 g/mol. The van der Waals surface area contributed by atoms with Crippen LogP contribution in [-0.2, 0) is 0 Å². The van der Waals surface area contributed by atoms with Gasteiger partial charge in [0, 0.05) is 23.2 Å². The molecule has 15 heavy (non-hydrogen) atoms. The van der Waals surface area contributed by atoms with Crippen LogP contribution in [-0.4, -0.2) is 15.0 Å². The molecule has 4 heteroatoms. The van der Waals surface area contributed by atoms with Gasteiger partial charge in [-0.3, -0.25) is 4.98 Å². The van der Waals surface area contributed by atoms with Crippen LogP contribution in [0.15, 0.2) is 36.9 Å². The van der Waals surface area contributed by atoms with Gasteiger partial charge in [0.2, 0.25) is 0 Å². The topological polar surface area (TPSA) is 38.7 Å². The van der Waals surface area contributed by atoms with Crippen molar-refractivity contribution in [3.05, 3.63) is 42.1 Å². The Balaban J connectivity index is 2.60. The van der Waals surface area contributed by atoms with Gasteiger partial charge < -0.3 is 0 Å². The molecule has 0 spiro atoms. The van der Waals surface area contributed by atoms with Gasteiger partial charge in [-0.25, -0.2) is 9.97 Å². The Morgan fingerprint density at radius 2 is 1.93 bits per heavy atom. The number of fused-ring (bicyclic) bond motifs is 3. The van der Waals surface area contributed by atoms with Gasteiger partial charge in [-0.15, -0.1) is 0 Å². The highest BCUT2D eigenvalue weighted by Crippen LogP contribution is 2.25. The highest BCUT2D eigenvalue weighted by molar-refractivity contribution is 6.34. The second-order valence-electron chi connectivity index (χ2n) is 3.22. The molecule has 0 aliphatic heterocycles. The van der Waals surface area contributed by atoms with Crippen molar-refractivity contribution in [3.63, 3.8) is 0 Å². The molecule has 0 unspecified atom stereocenters. The van der Waals surface area contributed by atoms with Crippen LogP contribution in [0.25, 0.3) is 21.7 Å². The number of nitrogens with zero attached hydrogens (tertiary/aromatic N) is 3. The largest absolute Gasteiger partial charge is 0.264 e. The fourth-order valence-electron chi connectivity index (χ4n) is 1.66. The maximum Gasteiger partial charge on any atom is 0.140 e. The van der Waals surface area contributed by atoms with Gasteiger partial charge in [0.15, 0.2) is 0 Å². The van der Waals surface area contributed by atoms with Crippen molar-refractivity contribution in [1.82, 2.24) is 15.0 Å². The summed E-state index contributed by atoms with van der Waals surface area (Å²) < 4.78 is 0. The molecular weight excluding hydrogens is 210 g/mol. The summed E-state index contributed by atoms with van der Waals surface area (Å²) in [5, 5.41) is 3.44. The third-order valence-corrected chi connectivity index (χ3v) is 2.68. The molecule has 0 bridgehead atoms. The van der Waals surface area contributed by atoms with Crippen molar-refractivity contribution < 1.29 is 0 Å². The minimum absolute atomic E-state index is 0.478. The molecule has 2 heterocycles. The van der Waals surface area contributed by atoms with Crippen molar-refractivity contribution in [1.29, 1.82) is 0 Å². The van der Waals surface area contributed by atoms with Crippen LogP contribution < -0.4 is 0 Å². The zero-order chi connectivity index (χ0) is 10.3. The molecule has 1 aromatic carbocycles. The molecule has 0 N–H and O–H groups in total. The lowest BCUT2D eigenvalue weighted by Crippen LogP contribution is -1.86. The van der Waals surface area contributed by atoms with E-state index in [9.17, 15) is 0 Å². The molecule has 0 atom stereocenters. The van der Waals surface area contributed by atoms with E-state index in [4.69, 9.17) is 11.6 Å². The van der Waals surface area contributed by atoms with E-state index in [1.54, 1.807) is 12.4 Å². The van der Waals surface area contributed by atoms with E-state index < -0.39 is 0 Å². The van der Waals surface area contributed by atoms with E-state index in [1.807, 2.05) is 18.2 Å². The Labute approximate surface area is 90.8 Å². The molecule has 0 aliphatic carbocycles. The third-order valence-electron chi connectivity index (χ3n) is 2.37. The van der Waals surface area contributed by atoms with Gasteiger partial charge in [0.1, 0.15) is 11.5 Å². The zero-order valence-electron chi connectivity index (χ0n) is 7.68. The second-order valence-corrected chi connectivity index (χ2v) is 3.58. The number of hydrogen-bond acceptors (Lipinski definition) is 3. The molecule has 0 fully saturated rings. The van der Waals surface area contributed by atoms with Crippen LogP contribution in [0.5, 0.6) is 0 Å². The van der Waals surface area contributed by atoms with E-state index in [2.05, 4.69) is 15.0 Å². The first-order valence-corrected chi connectivity index (χ1v) is 4.87. The molecule has 2 aromatic heterocycles. The van der Waals surface area contributed by atoms with Crippen LogP contribution in [0.2, 0.25) is 5.15 Å². The zero-order valence-corrected chi connectivity index (χ0v) is 8.44. The van der Waals surface area contributed by atoms with Gasteiger partial charge in [0.25, 0.3) is 0 Å². The summed E-state index contributed by atoms with van der Waals surface area (Å²) in [6, 6.07) is 5.87. The summed E-state index contributed by atoms with van der Waals surface area (Å²) in [6.45, 7) is 0. The van der Waals surface area contributed by atoms with E-state index in [0.717, 1.165) is 21.7 Å². The van der Waals surface area contributed by atoms with E-state index in [1.165, 1.54) is 6.33 Å². The Bertz CT molecular complexity index is 651. The quantitative estimate of drug-likeness (QED) is 0.428. The normalized spacial score (nSPS) is 11.0. The molecule has 0 saturated carbocycles. The van der Waals surface area contributed by atoms with Crippen molar-refractivity contribution in [3.8, 4) is 0 Å². The van der Waals surface area contributed by atoms with Crippen molar-refractivity contribution in [2.45, 2.75) is 0 Å². The minimum atomic E-state index is 0.478. The fourth-order valence-corrected chi connectivity index (χ4v) is 1.85. The molecule has 3 nitrogen and oxygen atoms in total. The lowest BCUT2D eigenvalue weighted by molar-refractivity contribution is 1.23. The smallest absolute Gasteiger partial charge is 0.140 e. The molecule has 72 valence electrons. The second kappa shape index (κ2) is 3.14. The Hall–Kier alpha value is -1.74. The summed E-state index contributed by atoms with van der Waals surface area (Å²) in [5.74, 6) is 0. The average Bonchev–Trinajstić information content (AvgIpc) is 2.29. The van der Waals surface area contributed by atoms with Crippen LogP contribution in [0.4, 0.5) is 0 Å². The Morgan fingerprint density at radius 3 is 2.87 bits per heavy atom. The Kier molecular flexibility index (Phi) is 1.79. The monoisotopic (exact) mass is 215 g/mol. The third kappa shape index (κ3) is 1.24. The lowest BCUT2D eigenvalue weighted by atomic mass is 10.1. The molecule has 0 aliphatic rings. The number of hydrogen-bond donors (Lipinski definition) is 0. The molecule has 0 amide bonds.